The van der Waals surface area contributed by atoms with Gasteiger partial charge in [-0.25, -0.2) is 9.97 Å². The number of hydrogen-bond donors (Lipinski definition) is 1. The van der Waals surface area contributed by atoms with E-state index in [4.69, 9.17) is 4.42 Å². The fourth-order valence-corrected chi connectivity index (χ4v) is 2.44. The van der Waals surface area contributed by atoms with Gasteiger partial charge in [0.1, 0.15) is 16.9 Å². The first-order chi connectivity index (χ1) is 10.2. The van der Waals surface area contributed by atoms with Gasteiger partial charge in [0.15, 0.2) is 0 Å². The molecule has 0 amide bonds. The van der Waals surface area contributed by atoms with Crippen LogP contribution in [0.5, 0.6) is 0 Å². The van der Waals surface area contributed by atoms with Crippen LogP contribution in [0.4, 0.5) is 0 Å². The molecule has 3 aromatic heterocycles. The van der Waals surface area contributed by atoms with Gasteiger partial charge in [-0.3, -0.25) is 4.79 Å². The van der Waals surface area contributed by atoms with Crippen LogP contribution in [-0.4, -0.2) is 19.5 Å². The molecule has 0 aliphatic rings. The van der Waals surface area contributed by atoms with Crippen molar-refractivity contribution in [1.29, 1.82) is 0 Å². The lowest BCUT2D eigenvalue weighted by Crippen LogP contribution is -2.13. The number of aromatic amines is 1. The van der Waals surface area contributed by atoms with Crippen molar-refractivity contribution < 1.29 is 4.42 Å². The summed E-state index contributed by atoms with van der Waals surface area (Å²) in [6.07, 6.45) is 5.19. The molecule has 1 aromatic carbocycles. The maximum Gasteiger partial charge on any atom is 0.294 e. The number of nitrogens with one attached hydrogen (secondary N) is 1. The van der Waals surface area contributed by atoms with Gasteiger partial charge in [0.2, 0.25) is 5.58 Å². The summed E-state index contributed by atoms with van der Waals surface area (Å²) in [6, 6.07) is 5.79. The summed E-state index contributed by atoms with van der Waals surface area (Å²) >= 11 is 0. The first kappa shape index (κ1) is 11.9. The zero-order valence-electron chi connectivity index (χ0n) is 11.3. The van der Waals surface area contributed by atoms with Gasteiger partial charge < -0.3 is 14.0 Å². The maximum absolute atomic E-state index is 12.2. The highest BCUT2D eigenvalue weighted by Gasteiger charge is 2.13. The molecule has 0 unspecified atom stereocenters. The number of aryl methyl sites for hydroxylation is 1. The summed E-state index contributed by atoms with van der Waals surface area (Å²) in [5.74, 6) is 0.578. The Morgan fingerprint density at radius 2 is 2.29 bits per heavy atom. The Kier molecular flexibility index (Phi) is 2.44. The van der Waals surface area contributed by atoms with Crippen LogP contribution in [0.2, 0.25) is 0 Å². The predicted octanol–water partition coefficient (Wildman–Crippen LogP) is 2.22. The second-order valence-electron chi connectivity index (χ2n) is 5.03. The summed E-state index contributed by atoms with van der Waals surface area (Å²) in [4.78, 5) is 23.4. The molecule has 0 saturated carbocycles. The SMILES string of the molecule is Cc1ccc2oc3c(=O)[nH]c(Cn4ccnc4)nc3c2c1. The molecule has 21 heavy (non-hydrogen) atoms. The molecule has 6 heteroatoms. The Morgan fingerprint density at radius 1 is 1.38 bits per heavy atom. The van der Waals surface area contributed by atoms with Crippen molar-refractivity contribution in [1.82, 2.24) is 19.5 Å². The lowest BCUT2D eigenvalue weighted by Gasteiger charge is -2.01. The molecular weight excluding hydrogens is 268 g/mol. The van der Waals surface area contributed by atoms with E-state index in [-0.39, 0.29) is 11.1 Å². The molecule has 1 N–H and O–H groups in total. The van der Waals surface area contributed by atoms with Crippen molar-refractivity contribution in [3.8, 4) is 0 Å². The molecule has 4 aromatic rings. The third-order valence-corrected chi connectivity index (χ3v) is 3.42. The molecule has 0 fully saturated rings. The molecule has 3 heterocycles. The molecule has 0 aliphatic carbocycles. The summed E-state index contributed by atoms with van der Waals surface area (Å²) < 4.78 is 7.45. The Hall–Kier alpha value is -2.89. The van der Waals surface area contributed by atoms with E-state index in [1.165, 1.54) is 0 Å². The number of fused-ring (bicyclic) bond motifs is 3. The predicted molar refractivity (Wildman–Crippen MR) is 78.2 cm³/mol. The second-order valence-corrected chi connectivity index (χ2v) is 5.03. The van der Waals surface area contributed by atoms with Crippen LogP contribution in [0.1, 0.15) is 11.4 Å². The highest BCUT2D eigenvalue weighted by atomic mass is 16.3. The van der Waals surface area contributed by atoms with Gasteiger partial charge in [-0.15, -0.1) is 0 Å². The highest BCUT2D eigenvalue weighted by Crippen LogP contribution is 2.25. The smallest absolute Gasteiger partial charge is 0.294 e. The molecule has 0 bridgehead atoms. The van der Waals surface area contributed by atoms with Gasteiger partial charge in [0, 0.05) is 17.8 Å². The number of imidazole rings is 1. The molecule has 0 spiro atoms. The lowest BCUT2D eigenvalue weighted by atomic mass is 10.2. The van der Waals surface area contributed by atoms with Crippen LogP contribution in [0.15, 0.2) is 46.1 Å². The highest BCUT2D eigenvalue weighted by molar-refractivity contribution is 6.02. The fraction of sp³-hybridized carbons (Fsp3) is 0.133. The number of nitrogens with zero attached hydrogens (tertiary/aromatic N) is 3. The average molecular weight is 280 g/mol. The first-order valence-corrected chi connectivity index (χ1v) is 6.58. The quantitative estimate of drug-likeness (QED) is 0.611. The second kappa shape index (κ2) is 4.31. The third kappa shape index (κ3) is 1.92. The molecule has 0 aliphatic heterocycles. The molecule has 0 atom stereocenters. The minimum atomic E-state index is -0.260. The first-order valence-electron chi connectivity index (χ1n) is 6.58. The van der Waals surface area contributed by atoms with E-state index in [2.05, 4.69) is 15.0 Å². The van der Waals surface area contributed by atoms with Gasteiger partial charge in [0.05, 0.1) is 12.9 Å². The molecule has 0 saturated heterocycles. The Morgan fingerprint density at radius 3 is 3.10 bits per heavy atom. The van der Waals surface area contributed by atoms with E-state index < -0.39 is 0 Å². The molecule has 0 radical (unpaired) electrons. The van der Waals surface area contributed by atoms with Gasteiger partial charge >= 0.3 is 0 Å². The molecular formula is C15H12N4O2. The van der Waals surface area contributed by atoms with E-state index in [1.807, 2.05) is 35.9 Å². The maximum atomic E-state index is 12.2. The van der Waals surface area contributed by atoms with E-state index in [1.54, 1.807) is 12.5 Å². The Labute approximate surface area is 119 Å². The number of H-pyrrole nitrogens is 1. The van der Waals surface area contributed by atoms with E-state index in [0.29, 0.717) is 23.5 Å². The average Bonchev–Trinajstić information content (AvgIpc) is 3.07. The van der Waals surface area contributed by atoms with Gasteiger partial charge in [-0.2, -0.15) is 0 Å². The molecule has 104 valence electrons. The Balaban J connectivity index is 1.96. The normalized spacial score (nSPS) is 11.5. The minimum absolute atomic E-state index is 0.260. The van der Waals surface area contributed by atoms with Crippen molar-refractivity contribution in [2.24, 2.45) is 0 Å². The van der Waals surface area contributed by atoms with Crippen molar-refractivity contribution >= 4 is 22.1 Å². The van der Waals surface area contributed by atoms with Gasteiger partial charge in [0.25, 0.3) is 5.56 Å². The van der Waals surface area contributed by atoms with Crippen molar-refractivity contribution in [2.75, 3.05) is 0 Å². The summed E-state index contributed by atoms with van der Waals surface area (Å²) in [5, 5.41) is 0.864. The molecule has 6 nitrogen and oxygen atoms in total. The van der Waals surface area contributed by atoms with E-state index in [9.17, 15) is 4.79 Å². The summed E-state index contributed by atoms with van der Waals surface area (Å²) in [5.41, 5.74) is 2.39. The van der Waals surface area contributed by atoms with Crippen molar-refractivity contribution in [3.05, 3.63) is 58.7 Å². The minimum Gasteiger partial charge on any atom is -0.449 e. The van der Waals surface area contributed by atoms with E-state index in [0.717, 1.165) is 10.9 Å². The zero-order valence-corrected chi connectivity index (χ0v) is 11.3. The van der Waals surface area contributed by atoms with Crippen LogP contribution in [-0.2, 0) is 6.54 Å². The van der Waals surface area contributed by atoms with Crippen LogP contribution in [0, 0.1) is 6.92 Å². The number of rotatable bonds is 2. The van der Waals surface area contributed by atoms with Gasteiger partial charge in [-0.05, 0) is 19.1 Å². The monoisotopic (exact) mass is 280 g/mol. The van der Waals surface area contributed by atoms with Gasteiger partial charge in [-0.1, -0.05) is 11.6 Å². The standard InChI is InChI=1S/C15H12N4O2/c1-9-2-3-11-10(6-9)13-14(21-11)15(20)18-12(17-13)7-19-5-4-16-8-19/h2-6,8H,7H2,1H3,(H,17,18,20). The molecule has 4 rings (SSSR count). The van der Waals surface area contributed by atoms with Crippen LogP contribution >= 0.6 is 0 Å². The summed E-state index contributed by atoms with van der Waals surface area (Å²) in [7, 11) is 0. The number of furan rings is 1. The largest absolute Gasteiger partial charge is 0.449 e. The fourth-order valence-electron chi connectivity index (χ4n) is 2.44. The number of benzene rings is 1. The lowest BCUT2D eigenvalue weighted by molar-refractivity contribution is 0.656. The van der Waals surface area contributed by atoms with Crippen LogP contribution < -0.4 is 5.56 Å². The van der Waals surface area contributed by atoms with Crippen molar-refractivity contribution in [2.45, 2.75) is 13.5 Å². The van der Waals surface area contributed by atoms with E-state index >= 15 is 0 Å². The zero-order chi connectivity index (χ0) is 14.4. The number of hydrogen-bond acceptors (Lipinski definition) is 4. The Bertz CT molecular complexity index is 996. The number of aromatic nitrogens is 4. The van der Waals surface area contributed by atoms with Crippen LogP contribution in [0.25, 0.3) is 22.1 Å². The topological polar surface area (TPSA) is 76.7 Å². The van der Waals surface area contributed by atoms with Crippen molar-refractivity contribution in [3.63, 3.8) is 0 Å². The van der Waals surface area contributed by atoms with Crippen LogP contribution in [0.3, 0.4) is 0 Å². The third-order valence-electron chi connectivity index (χ3n) is 3.42. The summed E-state index contributed by atoms with van der Waals surface area (Å²) in [6.45, 7) is 2.46.